The summed E-state index contributed by atoms with van der Waals surface area (Å²) < 4.78 is 11.4. The predicted molar refractivity (Wildman–Crippen MR) is 84.3 cm³/mol. The summed E-state index contributed by atoms with van der Waals surface area (Å²) in [5.41, 5.74) is 1.08. The highest BCUT2D eigenvalue weighted by Gasteiger charge is 2.21. The maximum atomic E-state index is 9.60. The Balaban J connectivity index is 2.15. The van der Waals surface area contributed by atoms with Crippen LogP contribution in [0.3, 0.4) is 0 Å². The summed E-state index contributed by atoms with van der Waals surface area (Å²) in [5, 5.41) is 10.2. The molecule has 0 bridgehead atoms. The molecule has 1 aliphatic rings. The van der Waals surface area contributed by atoms with Crippen LogP contribution in [0.1, 0.15) is 32.3 Å². The largest absolute Gasteiger partial charge is 0.490 e. The van der Waals surface area contributed by atoms with E-state index in [1.54, 1.807) is 0 Å². The van der Waals surface area contributed by atoms with Crippen LogP contribution in [-0.2, 0) is 6.54 Å². The first-order valence-corrected chi connectivity index (χ1v) is 8.00. The number of likely N-dealkylation sites (tertiary alicyclic amines) is 1. The SMILES string of the molecule is CCCOc1c(Cl)cc(CN2CC[C@@H](O)C2)cc1OCC. The normalized spacial score (nSPS) is 19.0. The standard InChI is InChI=1S/C16H24ClNO3/c1-3-7-21-16-14(17)8-12(9-15(16)20-4-2)10-18-6-5-13(19)11-18/h8-9,13,19H,3-7,10-11H2,1-2H3/t13-/m1/s1. The Kier molecular flexibility index (Phi) is 6.15. The van der Waals surface area contributed by atoms with Gasteiger partial charge in [0.2, 0.25) is 0 Å². The van der Waals surface area contributed by atoms with Crippen molar-refractivity contribution in [3.63, 3.8) is 0 Å². The molecule has 0 aliphatic carbocycles. The Morgan fingerprint density at radius 3 is 2.76 bits per heavy atom. The van der Waals surface area contributed by atoms with Crippen molar-refractivity contribution in [1.29, 1.82) is 0 Å². The monoisotopic (exact) mass is 313 g/mol. The van der Waals surface area contributed by atoms with Crippen LogP contribution in [0.2, 0.25) is 5.02 Å². The lowest BCUT2D eigenvalue weighted by molar-refractivity contribution is 0.174. The van der Waals surface area contributed by atoms with Gasteiger partial charge in [0.15, 0.2) is 11.5 Å². The number of β-amino-alcohol motifs (C(OH)–C–C–N with tert-alkyl or cyclic N) is 1. The van der Waals surface area contributed by atoms with Gasteiger partial charge in [-0.05, 0) is 37.5 Å². The third kappa shape index (κ3) is 4.50. The van der Waals surface area contributed by atoms with Crippen molar-refractivity contribution < 1.29 is 14.6 Å². The van der Waals surface area contributed by atoms with Gasteiger partial charge in [0.25, 0.3) is 0 Å². The molecule has 21 heavy (non-hydrogen) atoms. The van der Waals surface area contributed by atoms with Gasteiger partial charge in [0.1, 0.15) is 0 Å². The fourth-order valence-corrected chi connectivity index (χ4v) is 2.82. The zero-order valence-electron chi connectivity index (χ0n) is 12.8. The minimum absolute atomic E-state index is 0.209. The summed E-state index contributed by atoms with van der Waals surface area (Å²) in [6.45, 7) is 7.60. The molecular formula is C16H24ClNO3. The number of benzene rings is 1. The number of aliphatic hydroxyl groups excluding tert-OH is 1. The Labute approximate surface area is 131 Å². The molecule has 5 heteroatoms. The van der Waals surface area contributed by atoms with Gasteiger partial charge in [-0.3, -0.25) is 4.90 Å². The van der Waals surface area contributed by atoms with Crippen molar-refractivity contribution in [2.45, 2.75) is 39.3 Å². The minimum atomic E-state index is -0.209. The van der Waals surface area contributed by atoms with E-state index >= 15 is 0 Å². The van der Waals surface area contributed by atoms with Crippen LogP contribution in [0, 0.1) is 0 Å². The molecule has 0 saturated carbocycles. The number of aliphatic hydroxyl groups is 1. The van der Waals surface area contributed by atoms with Crippen molar-refractivity contribution in [1.82, 2.24) is 4.90 Å². The van der Waals surface area contributed by atoms with E-state index in [2.05, 4.69) is 11.8 Å². The van der Waals surface area contributed by atoms with Crippen molar-refractivity contribution >= 4 is 11.6 Å². The molecule has 1 aromatic rings. The van der Waals surface area contributed by atoms with Crippen molar-refractivity contribution in [3.05, 3.63) is 22.7 Å². The maximum Gasteiger partial charge on any atom is 0.179 e. The van der Waals surface area contributed by atoms with Gasteiger partial charge in [-0.2, -0.15) is 0 Å². The molecule has 1 N–H and O–H groups in total. The third-order valence-corrected chi connectivity index (χ3v) is 3.75. The van der Waals surface area contributed by atoms with Gasteiger partial charge in [0.05, 0.1) is 24.3 Å². The molecule has 1 aliphatic heterocycles. The van der Waals surface area contributed by atoms with E-state index in [9.17, 15) is 5.11 Å². The van der Waals surface area contributed by atoms with Crippen LogP contribution in [0.4, 0.5) is 0 Å². The molecule has 1 aromatic carbocycles. The average molecular weight is 314 g/mol. The molecule has 0 radical (unpaired) electrons. The lowest BCUT2D eigenvalue weighted by Crippen LogP contribution is -2.21. The van der Waals surface area contributed by atoms with Crippen LogP contribution >= 0.6 is 11.6 Å². The van der Waals surface area contributed by atoms with Crippen molar-refractivity contribution in [2.24, 2.45) is 0 Å². The molecular weight excluding hydrogens is 290 g/mol. The van der Waals surface area contributed by atoms with Crippen LogP contribution in [0.25, 0.3) is 0 Å². The van der Waals surface area contributed by atoms with E-state index in [4.69, 9.17) is 21.1 Å². The van der Waals surface area contributed by atoms with Crippen LogP contribution in [0.15, 0.2) is 12.1 Å². The summed E-state index contributed by atoms with van der Waals surface area (Å²) in [7, 11) is 0. The molecule has 0 unspecified atom stereocenters. The molecule has 0 spiro atoms. The van der Waals surface area contributed by atoms with Gasteiger partial charge >= 0.3 is 0 Å². The Bertz CT molecular complexity index is 467. The predicted octanol–water partition coefficient (Wildman–Crippen LogP) is 3.09. The second-order valence-electron chi connectivity index (χ2n) is 5.36. The summed E-state index contributed by atoms with van der Waals surface area (Å²) in [6.07, 6.45) is 1.55. The number of ether oxygens (including phenoxy) is 2. The number of hydrogen-bond donors (Lipinski definition) is 1. The summed E-state index contributed by atoms with van der Waals surface area (Å²) in [5.74, 6) is 1.33. The molecule has 0 amide bonds. The summed E-state index contributed by atoms with van der Waals surface area (Å²) >= 11 is 6.35. The van der Waals surface area contributed by atoms with Gasteiger partial charge in [-0.25, -0.2) is 0 Å². The molecule has 1 atom stereocenters. The second-order valence-corrected chi connectivity index (χ2v) is 5.77. The lowest BCUT2D eigenvalue weighted by atomic mass is 10.2. The first kappa shape index (κ1) is 16.4. The van der Waals surface area contributed by atoms with E-state index in [-0.39, 0.29) is 6.10 Å². The molecule has 1 fully saturated rings. The zero-order valence-corrected chi connectivity index (χ0v) is 13.5. The van der Waals surface area contributed by atoms with E-state index in [1.807, 2.05) is 19.1 Å². The molecule has 1 heterocycles. The number of rotatable bonds is 7. The second kappa shape index (κ2) is 7.87. The highest BCUT2D eigenvalue weighted by atomic mass is 35.5. The first-order chi connectivity index (χ1) is 10.1. The maximum absolute atomic E-state index is 9.60. The van der Waals surface area contributed by atoms with E-state index < -0.39 is 0 Å². The van der Waals surface area contributed by atoms with E-state index in [0.29, 0.717) is 29.7 Å². The van der Waals surface area contributed by atoms with Crippen LogP contribution in [-0.4, -0.2) is 42.4 Å². The van der Waals surface area contributed by atoms with Gasteiger partial charge in [0, 0.05) is 19.6 Å². The smallest absolute Gasteiger partial charge is 0.179 e. The van der Waals surface area contributed by atoms with Gasteiger partial charge in [-0.15, -0.1) is 0 Å². The lowest BCUT2D eigenvalue weighted by Gasteiger charge is -2.18. The highest BCUT2D eigenvalue weighted by molar-refractivity contribution is 6.32. The first-order valence-electron chi connectivity index (χ1n) is 7.62. The van der Waals surface area contributed by atoms with Crippen LogP contribution < -0.4 is 9.47 Å². The Morgan fingerprint density at radius 2 is 2.14 bits per heavy atom. The van der Waals surface area contributed by atoms with Gasteiger partial charge < -0.3 is 14.6 Å². The molecule has 1 saturated heterocycles. The average Bonchev–Trinajstić information content (AvgIpc) is 2.83. The topological polar surface area (TPSA) is 41.9 Å². The number of hydrogen-bond acceptors (Lipinski definition) is 4. The van der Waals surface area contributed by atoms with Crippen molar-refractivity contribution in [2.75, 3.05) is 26.3 Å². The highest BCUT2D eigenvalue weighted by Crippen LogP contribution is 2.37. The minimum Gasteiger partial charge on any atom is -0.490 e. The number of halogens is 1. The number of nitrogens with zero attached hydrogens (tertiary/aromatic N) is 1. The van der Waals surface area contributed by atoms with E-state index in [1.165, 1.54) is 0 Å². The molecule has 0 aromatic heterocycles. The Hall–Kier alpha value is -0.970. The summed E-state index contributed by atoms with van der Waals surface area (Å²) in [6, 6.07) is 3.92. The van der Waals surface area contributed by atoms with Crippen molar-refractivity contribution in [3.8, 4) is 11.5 Å². The fourth-order valence-electron chi connectivity index (χ4n) is 2.53. The van der Waals surface area contributed by atoms with E-state index in [0.717, 1.165) is 38.0 Å². The molecule has 4 nitrogen and oxygen atoms in total. The summed E-state index contributed by atoms with van der Waals surface area (Å²) in [4.78, 5) is 2.22. The molecule has 2 rings (SSSR count). The zero-order chi connectivity index (χ0) is 15.2. The molecule has 118 valence electrons. The van der Waals surface area contributed by atoms with Gasteiger partial charge in [-0.1, -0.05) is 18.5 Å². The quantitative estimate of drug-likeness (QED) is 0.840. The Morgan fingerprint density at radius 1 is 1.33 bits per heavy atom. The van der Waals surface area contributed by atoms with Crippen LogP contribution in [0.5, 0.6) is 11.5 Å². The fraction of sp³-hybridized carbons (Fsp3) is 0.625. The third-order valence-electron chi connectivity index (χ3n) is 3.47.